The zero-order valence-corrected chi connectivity index (χ0v) is 9.64. The second-order valence-electron chi connectivity index (χ2n) is 4.12. The van der Waals surface area contributed by atoms with Crippen molar-refractivity contribution in [3.05, 3.63) is 12.2 Å². The predicted octanol–water partition coefficient (Wildman–Crippen LogP) is 3.37. The van der Waals surface area contributed by atoms with Crippen LogP contribution in [0.3, 0.4) is 0 Å². The fraction of sp³-hybridized carbons (Fsp3) is 0.833. The lowest BCUT2D eigenvalue weighted by atomic mass is 10.1. The standard InChI is InChI=1S/C12H25N/c1-5-12(4)9-7-6-8-10-13-11(2)3/h6-7,11-13H,5,8-10H2,1-4H3. The summed E-state index contributed by atoms with van der Waals surface area (Å²) >= 11 is 0. The van der Waals surface area contributed by atoms with Gasteiger partial charge in [-0.2, -0.15) is 0 Å². The molecule has 1 unspecified atom stereocenters. The lowest BCUT2D eigenvalue weighted by Crippen LogP contribution is -2.23. The number of hydrogen-bond donors (Lipinski definition) is 1. The van der Waals surface area contributed by atoms with Crippen LogP contribution in [-0.2, 0) is 0 Å². The molecule has 1 heteroatoms. The van der Waals surface area contributed by atoms with E-state index in [-0.39, 0.29) is 0 Å². The highest BCUT2D eigenvalue weighted by atomic mass is 14.9. The van der Waals surface area contributed by atoms with Crippen LogP contribution in [-0.4, -0.2) is 12.6 Å². The van der Waals surface area contributed by atoms with Crippen molar-refractivity contribution in [2.45, 2.75) is 53.0 Å². The Labute approximate surface area is 83.6 Å². The van der Waals surface area contributed by atoms with Crippen molar-refractivity contribution in [3.63, 3.8) is 0 Å². The summed E-state index contributed by atoms with van der Waals surface area (Å²) in [6, 6.07) is 0.614. The first-order valence-electron chi connectivity index (χ1n) is 5.55. The molecule has 0 aliphatic rings. The molecule has 13 heavy (non-hydrogen) atoms. The maximum atomic E-state index is 3.40. The normalized spacial score (nSPS) is 14.2. The maximum Gasteiger partial charge on any atom is 0.00105 e. The molecule has 0 rings (SSSR count). The molecule has 0 fully saturated rings. The third-order valence-corrected chi connectivity index (χ3v) is 2.27. The molecule has 0 aliphatic carbocycles. The Morgan fingerprint density at radius 2 is 1.85 bits per heavy atom. The molecule has 1 atom stereocenters. The third-order valence-electron chi connectivity index (χ3n) is 2.27. The Kier molecular flexibility index (Phi) is 8.11. The van der Waals surface area contributed by atoms with Gasteiger partial charge in [-0.15, -0.1) is 0 Å². The Hall–Kier alpha value is -0.300. The van der Waals surface area contributed by atoms with E-state index in [1.54, 1.807) is 0 Å². The lowest BCUT2D eigenvalue weighted by Gasteiger charge is -2.05. The van der Waals surface area contributed by atoms with Gasteiger partial charge in [0.1, 0.15) is 0 Å². The van der Waals surface area contributed by atoms with Crippen LogP contribution in [0.15, 0.2) is 12.2 Å². The Morgan fingerprint density at radius 3 is 2.38 bits per heavy atom. The molecule has 78 valence electrons. The topological polar surface area (TPSA) is 12.0 Å². The summed E-state index contributed by atoms with van der Waals surface area (Å²) in [6.45, 7) is 10.0. The van der Waals surface area contributed by atoms with Gasteiger partial charge in [0.05, 0.1) is 0 Å². The first-order chi connectivity index (χ1) is 6.16. The van der Waals surface area contributed by atoms with E-state index >= 15 is 0 Å². The van der Waals surface area contributed by atoms with Crippen LogP contribution < -0.4 is 5.32 Å². The molecule has 0 heterocycles. The van der Waals surface area contributed by atoms with Gasteiger partial charge in [-0.1, -0.05) is 46.3 Å². The molecule has 0 bridgehead atoms. The van der Waals surface area contributed by atoms with E-state index in [4.69, 9.17) is 0 Å². The van der Waals surface area contributed by atoms with Gasteiger partial charge in [-0.3, -0.25) is 0 Å². The third kappa shape index (κ3) is 9.62. The Morgan fingerprint density at radius 1 is 1.15 bits per heavy atom. The van der Waals surface area contributed by atoms with Crippen LogP contribution in [0.1, 0.15) is 47.0 Å². The van der Waals surface area contributed by atoms with Crippen LogP contribution >= 0.6 is 0 Å². The molecule has 0 saturated heterocycles. The van der Waals surface area contributed by atoms with Gasteiger partial charge < -0.3 is 5.32 Å². The van der Waals surface area contributed by atoms with Crippen molar-refractivity contribution in [2.24, 2.45) is 5.92 Å². The molecule has 0 aromatic rings. The zero-order valence-electron chi connectivity index (χ0n) is 9.64. The van der Waals surface area contributed by atoms with Crippen molar-refractivity contribution in [1.82, 2.24) is 5.32 Å². The van der Waals surface area contributed by atoms with Gasteiger partial charge in [0, 0.05) is 6.04 Å². The molecule has 0 saturated carbocycles. The average molecular weight is 183 g/mol. The first kappa shape index (κ1) is 12.7. The molecular formula is C12H25N. The van der Waals surface area contributed by atoms with E-state index in [0.29, 0.717) is 6.04 Å². The fourth-order valence-corrected chi connectivity index (χ4v) is 1.07. The number of allylic oxidation sites excluding steroid dienone is 1. The van der Waals surface area contributed by atoms with Crippen LogP contribution in [0.5, 0.6) is 0 Å². The predicted molar refractivity (Wildman–Crippen MR) is 61.0 cm³/mol. The van der Waals surface area contributed by atoms with E-state index < -0.39 is 0 Å². The summed E-state index contributed by atoms with van der Waals surface area (Å²) in [5.41, 5.74) is 0. The highest BCUT2D eigenvalue weighted by Crippen LogP contribution is 2.06. The molecule has 1 N–H and O–H groups in total. The monoisotopic (exact) mass is 183 g/mol. The van der Waals surface area contributed by atoms with E-state index in [1.165, 1.54) is 12.8 Å². The summed E-state index contributed by atoms with van der Waals surface area (Å²) < 4.78 is 0. The molecule has 0 aliphatic heterocycles. The molecular weight excluding hydrogens is 158 g/mol. The maximum absolute atomic E-state index is 3.40. The molecule has 1 nitrogen and oxygen atoms in total. The Balaban J connectivity index is 3.22. The van der Waals surface area contributed by atoms with E-state index in [1.807, 2.05) is 0 Å². The number of hydrogen-bond acceptors (Lipinski definition) is 1. The smallest absolute Gasteiger partial charge is 0.00105 e. The highest BCUT2D eigenvalue weighted by molar-refractivity contribution is 4.83. The zero-order chi connectivity index (χ0) is 10.1. The van der Waals surface area contributed by atoms with Gasteiger partial charge in [0.15, 0.2) is 0 Å². The quantitative estimate of drug-likeness (QED) is 0.471. The second-order valence-corrected chi connectivity index (χ2v) is 4.12. The molecule has 0 aromatic heterocycles. The molecule has 0 spiro atoms. The van der Waals surface area contributed by atoms with Gasteiger partial charge in [-0.25, -0.2) is 0 Å². The van der Waals surface area contributed by atoms with Crippen LogP contribution in [0, 0.1) is 5.92 Å². The average Bonchev–Trinajstić information content (AvgIpc) is 2.10. The van der Waals surface area contributed by atoms with E-state index in [9.17, 15) is 0 Å². The largest absolute Gasteiger partial charge is 0.314 e. The molecule has 0 amide bonds. The minimum Gasteiger partial charge on any atom is -0.314 e. The summed E-state index contributed by atoms with van der Waals surface area (Å²) in [7, 11) is 0. The minimum atomic E-state index is 0.614. The van der Waals surface area contributed by atoms with E-state index in [0.717, 1.165) is 18.9 Å². The minimum absolute atomic E-state index is 0.614. The number of rotatable bonds is 7. The SMILES string of the molecule is CCC(C)CC=CCCNC(C)C. The van der Waals surface area contributed by atoms with Gasteiger partial charge in [0.25, 0.3) is 0 Å². The molecule has 0 aromatic carbocycles. The van der Waals surface area contributed by atoms with Crippen LogP contribution in [0.4, 0.5) is 0 Å². The summed E-state index contributed by atoms with van der Waals surface area (Å²) in [6.07, 6.45) is 8.29. The molecule has 0 radical (unpaired) electrons. The summed E-state index contributed by atoms with van der Waals surface area (Å²) in [5, 5.41) is 3.40. The Bertz CT molecular complexity index is 127. The summed E-state index contributed by atoms with van der Waals surface area (Å²) in [5.74, 6) is 0.842. The van der Waals surface area contributed by atoms with Gasteiger partial charge in [0.2, 0.25) is 0 Å². The van der Waals surface area contributed by atoms with E-state index in [2.05, 4.69) is 45.2 Å². The van der Waals surface area contributed by atoms with Crippen molar-refractivity contribution in [2.75, 3.05) is 6.54 Å². The number of nitrogens with one attached hydrogen (secondary N) is 1. The van der Waals surface area contributed by atoms with Crippen molar-refractivity contribution in [1.29, 1.82) is 0 Å². The van der Waals surface area contributed by atoms with Crippen LogP contribution in [0.25, 0.3) is 0 Å². The first-order valence-corrected chi connectivity index (χ1v) is 5.55. The second kappa shape index (κ2) is 8.31. The van der Waals surface area contributed by atoms with Crippen molar-refractivity contribution >= 4 is 0 Å². The van der Waals surface area contributed by atoms with Gasteiger partial charge >= 0.3 is 0 Å². The highest BCUT2D eigenvalue weighted by Gasteiger charge is 1.93. The van der Waals surface area contributed by atoms with Gasteiger partial charge in [-0.05, 0) is 25.3 Å². The van der Waals surface area contributed by atoms with Crippen LogP contribution in [0.2, 0.25) is 0 Å². The van der Waals surface area contributed by atoms with Crippen molar-refractivity contribution < 1.29 is 0 Å². The lowest BCUT2D eigenvalue weighted by molar-refractivity contribution is 0.568. The summed E-state index contributed by atoms with van der Waals surface area (Å²) in [4.78, 5) is 0. The fourth-order valence-electron chi connectivity index (χ4n) is 1.07. The van der Waals surface area contributed by atoms with Crippen molar-refractivity contribution in [3.8, 4) is 0 Å².